The Kier molecular flexibility index (Phi) is 4.87. The minimum absolute atomic E-state index is 0.162. The smallest absolute Gasteiger partial charge is 0.317 e. The van der Waals surface area contributed by atoms with Crippen molar-refractivity contribution in [1.29, 1.82) is 0 Å². The second-order valence-electron chi connectivity index (χ2n) is 5.98. The zero-order valence-corrected chi connectivity index (χ0v) is 11.7. The Morgan fingerprint density at radius 2 is 1.78 bits per heavy atom. The van der Waals surface area contributed by atoms with Crippen LogP contribution in [0, 0.1) is 5.92 Å². The van der Waals surface area contributed by atoms with Gasteiger partial charge >= 0.3 is 6.03 Å². The average molecular weight is 253 g/mol. The zero-order valence-electron chi connectivity index (χ0n) is 11.7. The van der Waals surface area contributed by atoms with Crippen LogP contribution in [0.4, 0.5) is 4.79 Å². The Bertz CT molecular complexity index is 274. The number of nitrogens with one attached hydrogen (secondary N) is 2. The van der Waals surface area contributed by atoms with E-state index in [1.165, 1.54) is 19.3 Å². The van der Waals surface area contributed by atoms with E-state index in [0.717, 1.165) is 32.4 Å². The molecule has 0 bridgehead atoms. The van der Waals surface area contributed by atoms with Gasteiger partial charge in [-0.05, 0) is 51.5 Å². The maximum absolute atomic E-state index is 12.2. The quantitative estimate of drug-likeness (QED) is 0.790. The number of rotatable bonds is 2. The maximum Gasteiger partial charge on any atom is 0.317 e. The van der Waals surface area contributed by atoms with E-state index in [-0.39, 0.29) is 6.03 Å². The van der Waals surface area contributed by atoms with Crippen LogP contribution < -0.4 is 10.6 Å². The standard InChI is InChI=1S/C14H27N3O/c1-11-4-3-9-17(10-11)14(18)16-13-7-5-12(15-2)6-8-13/h11-13,15H,3-10H2,1-2H3,(H,16,18). The van der Waals surface area contributed by atoms with E-state index in [0.29, 0.717) is 18.0 Å². The number of nitrogens with zero attached hydrogens (tertiary/aromatic N) is 1. The van der Waals surface area contributed by atoms with Crippen molar-refractivity contribution in [3.63, 3.8) is 0 Å². The summed E-state index contributed by atoms with van der Waals surface area (Å²) in [5.74, 6) is 0.657. The minimum Gasteiger partial charge on any atom is -0.335 e. The summed E-state index contributed by atoms with van der Waals surface area (Å²) >= 11 is 0. The van der Waals surface area contributed by atoms with Gasteiger partial charge in [0.1, 0.15) is 0 Å². The fourth-order valence-corrected chi connectivity index (χ4v) is 3.17. The van der Waals surface area contributed by atoms with Crippen molar-refractivity contribution in [3.8, 4) is 0 Å². The second-order valence-corrected chi connectivity index (χ2v) is 5.98. The summed E-state index contributed by atoms with van der Waals surface area (Å²) in [6.07, 6.45) is 7.00. The van der Waals surface area contributed by atoms with E-state index in [1.54, 1.807) is 0 Å². The minimum atomic E-state index is 0.162. The number of carbonyl (C=O) groups excluding carboxylic acids is 1. The highest BCUT2D eigenvalue weighted by Crippen LogP contribution is 2.20. The van der Waals surface area contributed by atoms with Crippen LogP contribution in [0.1, 0.15) is 45.4 Å². The molecular formula is C14H27N3O. The van der Waals surface area contributed by atoms with Crippen LogP contribution in [0.2, 0.25) is 0 Å². The molecule has 4 heteroatoms. The lowest BCUT2D eigenvalue weighted by atomic mass is 9.91. The summed E-state index contributed by atoms with van der Waals surface area (Å²) in [5, 5.41) is 6.54. The molecule has 4 nitrogen and oxygen atoms in total. The number of hydrogen-bond acceptors (Lipinski definition) is 2. The molecule has 0 aromatic heterocycles. The summed E-state index contributed by atoms with van der Waals surface area (Å²) in [4.78, 5) is 14.2. The molecule has 0 aromatic carbocycles. The van der Waals surface area contributed by atoms with Gasteiger partial charge in [0.05, 0.1) is 0 Å². The number of piperidine rings is 1. The number of hydrogen-bond donors (Lipinski definition) is 2. The summed E-state index contributed by atoms with van der Waals surface area (Å²) in [7, 11) is 2.03. The summed E-state index contributed by atoms with van der Waals surface area (Å²) in [5.41, 5.74) is 0. The molecule has 2 N–H and O–H groups in total. The van der Waals surface area contributed by atoms with Crippen molar-refractivity contribution in [2.24, 2.45) is 5.92 Å². The zero-order chi connectivity index (χ0) is 13.0. The molecule has 1 aliphatic heterocycles. The fourth-order valence-electron chi connectivity index (χ4n) is 3.17. The summed E-state index contributed by atoms with van der Waals surface area (Å²) in [6, 6.07) is 1.20. The molecule has 0 spiro atoms. The van der Waals surface area contributed by atoms with E-state index >= 15 is 0 Å². The molecule has 1 atom stereocenters. The van der Waals surface area contributed by atoms with Crippen LogP contribution in [0.5, 0.6) is 0 Å². The van der Waals surface area contributed by atoms with Gasteiger partial charge in [0.15, 0.2) is 0 Å². The van der Waals surface area contributed by atoms with Crippen molar-refractivity contribution >= 4 is 6.03 Å². The van der Waals surface area contributed by atoms with Crippen molar-refractivity contribution in [3.05, 3.63) is 0 Å². The fraction of sp³-hybridized carbons (Fsp3) is 0.929. The predicted octanol–water partition coefficient (Wildman–Crippen LogP) is 1.96. The summed E-state index contributed by atoms with van der Waals surface area (Å²) in [6.45, 7) is 4.09. The first-order valence-electron chi connectivity index (χ1n) is 7.41. The van der Waals surface area contributed by atoms with Gasteiger partial charge in [-0.3, -0.25) is 0 Å². The van der Waals surface area contributed by atoms with Gasteiger partial charge in [0, 0.05) is 25.2 Å². The molecule has 104 valence electrons. The molecule has 2 amide bonds. The van der Waals surface area contributed by atoms with Crippen molar-refractivity contribution in [2.45, 2.75) is 57.5 Å². The molecule has 1 heterocycles. The maximum atomic E-state index is 12.2. The molecule has 2 fully saturated rings. The van der Waals surface area contributed by atoms with Crippen molar-refractivity contribution < 1.29 is 4.79 Å². The van der Waals surface area contributed by atoms with Crippen LogP contribution >= 0.6 is 0 Å². The monoisotopic (exact) mass is 253 g/mol. The van der Waals surface area contributed by atoms with Crippen LogP contribution in [-0.4, -0.2) is 43.2 Å². The van der Waals surface area contributed by atoms with Gasteiger partial charge in [-0.2, -0.15) is 0 Å². The van der Waals surface area contributed by atoms with E-state index in [4.69, 9.17) is 0 Å². The lowest BCUT2D eigenvalue weighted by Gasteiger charge is -2.34. The first-order chi connectivity index (χ1) is 8.69. The largest absolute Gasteiger partial charge is 0.335 e. The highest BCUT2D eigenvalue weighted by atomic mass is 16.2. The highest BCUT2D eigenvalue weighted by Gasteiger charge is 2.25. The van der Waals surface area contributed by atoms with Crippen LogP contribution in [0.15, 0.2) is 0 Å². The SMILES string of the molecule is CNC1CCC(NC(=O)N2CCCC(C)C2)CC1. The number of likely N-dealkylation sites (tertiary alicyclic amines) is 1. The molecule has 0 radical (unpaired) electrons. The third-order valence-electron chi connectivity index (χ3n) is 4.41. The molecule has 1 saturated heterocycles. The van der Waals surface area contributed by atoms with Gasteiger partial charge in [-0.15, -0.1) is 0 Å². The lowest BCUT2D eigenvalue weighted by Crippen LogP contribution is -2.49. The molecule has 1 unspecified atom stereocenters. The molecule has 2 aliphatic rings. The highest BCUT2D eigenvalue weighted by molar-refractivity contribution is 5.74. The van der Waals surface area contributed by atoms with Crippen LogP contribution in [0.25, 0.3) is 0 Å². The Hall–Kier alpha value is -0.770. The van der Waals surface area contributed by atoms with E-state index < -0.39 is 0 Å². The van der Waals surface area contributed by atoms with Crippen LogP contribution in [-0.2, 0) is 0 Å². The van der Waals surface area contributed by atoms with Crippen molar-refractivity contribution in [1.82, 2.24) is 15.5 Å². The van der Waals surface area contributed by atoms with Gasteiger partial charge in [-0.1, -0.05) is 6.92 Å². The molecule has 0 aromatic rings. The molecule has 1 aliphatic carbocycles. The molecule has 18 heavy (non-hydrogen) atoms. The predicted molar refractivity (Wildman–Crippen MR) is 73.6 cm³/mol. The molecular weight excluding hydrogens is 226 g/mol. The Morgan fingerprint density at radius 1 is 1.11 bits per heavy atom. The van der Waals surface area contributed by atoms with Gasteiger partial charge < -0.3 is 15.5 Å². The molecule has 2 rings (SSSR count). The normalized spacial score (nSPS) is 33.2. The first kappa shape index (κ1) is 13.7. The Morgan fingerprint density at radius 3 is 2.39 bits per heavy atom. The average Bonchev–Trinajstić information content (AvgIpc) is 2.39. The third kappa shape index (κ3) is 3.61. The number of urea groups is 1. The van der Waals surface area contributed by atoms with Crippen LogP contribution in [0.3, 0.4) is 0 Å². The first-order valence-corrected chi connectivity index (χ1v) is 7.41. The molecule has 1 saturated carbocycles. The van der Waals surface area contributed by atoms with E-state index in [1.807, 2.05) is 11.9 Å². The van der Waals surface area contributed by atoms with Gasteiger partial charge in [0.25, 0.3) is 0 Å². The Balaban J connectivity index is 1.74. The van der Waals surface area contributed by atoms with Gasteiger partial charge in [-0.25, -0.2) is 4.79 Å². The van der Waals surface area contributed by atoms with Crippen molar-refractivity contribution in [2.75, 3.05) is 20.1 Å². The second kappa shape index (κ2) is 6.41. The number of carbonyl (C=O) groups is 1. The van der Waals surface area contributed by atoms with Gasteiger partial charge in [0.2, 0.25) is 0 Å². The third-order valence-corrected chi connectivity index (χ3v) is 4.41. The lowest BCUT2D eigenvalue weighted by molar-refractivity contribution is 0.162. The van der Waals surface area contributed by atoms with E-state index in [2.05, 4.69) is 17.6 Å². The summed E-state index contributed by atoms with van der Waals surface area (Å²) < 4.78 is 0. The number of amides is 2. The Labute approximate surface area is 110 Å². The topological polar surface area (TPSA) is 44.4 Å². The van der Waals surface area contributed by atoms with E-state index in [9.17, 15) is 4.79 Å².